The highest BCUT2D eigenvalue weighted by Crippen LogP contribution is 2.27. The number of nitrogens with zero attached hydrogens (tertiary/aromatic N) is 1. The van der Waals surface area contributed by atoms with Gasteiger partial charge in [0.05, 0.1) is 0 Å². The lowest BCUT2D eigenvalue weighted by Crippen LogP contribution is -2.38. The second-order valence-electron chi connectivity index (χ2n) is 4.88. The van der Waals surface area contributed by atoms with Gasteiger partial charge in [0.15, 0.2) is 0 Å². The van der Waals surface area contributed by atoms with E-state index in [0.717, 1.165) is 31.0 Å². The van der Waals surface area contributed by atoms with Gasteiger partial charge in [-0.2, -0.15) is 0 Å². The maximum atomic E-state index is 12.0. The van der Waals surface area contributed by atoms with Crippen LogP contribution in [0.2, 0.25) is 5.02 Å². The van der Waals surface area contributed by atoms with Gasteiger partial charge in [-0.05, 0) is 36.5 Å². The van der Waals surface area contributed by atoms with Gasteiger partial charge >= 0.3 is 0 Å². The first-order valence-corrected chi connectivity index (χ1v) is 7.10. The van der Waals surface area contributed by atoms with Crippen LogP contribution >= 0.6 is 11.6 Å². The molecule has 0 aromatic heterocycles. The van der Waals surface area contributed by atoms with E-state index in [1.807, 2.05) is 29.2 Å². The van der Waals surface area contributed by atoms with Gasteiger partial charge in [-0.15, -0.1) is 0 Å². The molecule has 20 heavy (non-hydrogen) atoms. The van der Waals surface area contributed by atoms with Gasteiger partial charge in [-0.3, -0.25) is 4.79 Å². The standard InChI is InChI=1S/C16H18ClNO2/c1-20-11-3-5-16(19)18-10-2-4-14(12-18)13-6-8-15(17)9-7-13/h6-9,14H,2,4,10-12H2,1H3. The van der Waals surface area contributed by atoms with E-state index >= 15 is 0 Å². The zero-order valence-electron chi connectivity index (χ0n) is 11.6. The molecular weight excluding hydrogens is 274 g/mol. The van der Waals surface area contributed by atoms with E-state index in [1.165, 1.54) is 5.56 Å². The minimum absolute atomic E-state index is 0.110. The average Bonchev–Trinajstić information content (AvgIpc) is 2.48. The molecule has 1 aliphatic heterocycles. The Kier molecular flexibility index (Phi) is 5.46. The van der Waals surface area contributed by atoms with Crippen molar-refractivity contribution in [3.8, 4) is 11.8 Å². The Morgan fingerprint density at radius 3 is 2.90 bits per heavy atom. The van der Waals surface area contributed by atoms with E-state index in [0.29, 0.717) is 12.5 Å². The topological polar surface area (TPSA) is 29.5 Å². The lowest BCUT2D eigenvalue weighted by atomic mass is 9.90. The molecule has 0 spiro atoms. The van der Waals surface area contributed by atoms with Crippen molar-refractivity contribution in [2.24, 2.45) is 0 Å². The summed E-state index contributed by atoms with van der Waals surface area (Å²) in [4.78, 5) is 13.8. The molecule has 1 amide bonds. The van der Waals surface area contributed by atoms with Crippen LogP contribution in [0.25, 0.3) is 0 Å². The van der Waals surface area contributed by atoms with Crippen LogP contribution < -0.4 is 0 Å². The van der Waals surface area contributed by atoms with E-state index < -0.39 is 0 Å². The van der Waals surface area contributed by atoms with Gasteiger partial charge in [0, 0.05) is 31.1 Å². The molecule has 1 heterocycles. The van der Waals surface area contributed by atoms with Crippen molar-refractivity contribution in [3.05, 3.63) is 34.9 Å². The fraction of sp³-hybridized carbons (Fsp3) is 0.438. The Hall–Kier alpha value is -1.50. The second kappa shape index (κ2) is 7.33. The number of ether oxygens (including phenoxy) is 1. The predicted octanol–water partition coefficient (Wildman–Crippen LogP) is 2.70. The molecule has 4 heteroatoms. The van der Waals surface area contributed by atoms with Crippen LogP contribution in [0.4, 0.5) is 0 Å². The summed E-state index contributed by atoms with van der Waals surface area (Å²) < 4.78 is 4.82. The Balaban J connectivity index is 2.00. The van der Waals surface area contributed by atoms with Crippen LogP contribution in [-0.4, -0.2) is 37.6 Å². The molecular formula is C16H18ClNO2. The molecule has 1 aromatic rings. The molecule has 2 rings (SSSR count). The molecule has 1 saturated heterocycles. The smallest absolute Gasteiger partial charge is 0.298 e. The summed E-state index contributed by atoms with van der Waals surface area (Å²) in [7, 11) is 1.57. The fourth-order valence-corrected chi connectivity index (χ4v) is 2.56. The number of amides is 1. The second-order valence-corrected chi connectivity index (χ2v) is 5.31. The number of likely N-dealkylation sites (tertiary alicyclic amines) is 1. The third-order valence-electron chi connectivity index (χ3n) is 3.46. The highest BCUT2D eigenvalue weighted by molar-refractivity contribution is 6.30. The van der Waals surface area contributed by atoms with Crippen molar-refractivity contribution in [2.75, 3.05) is 26.8 Å². The van der Waals surface area contributed by atoms with Crippen molar-refractivity contribution in [1.82, 2.24) is 4.90 Å². The van der Waals surface area contributed by atoms with Gasteiger partial charge < -0.3 is 9.64 Å². The summed E-state index contributed by atoms with van der Waals surface area (Å²) in [6.45, 7) is 1.80. The number of benzene rings is 1. The minimum atomic E-state index is -0.110. The number of carbonyl (C=O) groups excluding carboxylic acids is 1. The third kappa shape index (κ3) is 4.00. The number of hydrogen-bond acceptors (Lipinski definition) is 2. The summed E-state index contributed by atoms with van der Waals surface area (Å²) in [5, 5.41) is 0.739. The molecule has 0 saturated carbocycles. The minimum Gasteiger partial charge on any atom is -0.372 e. The summed E-state index contributed by atoms with van der Waals surface area (Å²) in [6, 6.07) is 7.88. The van der Waals surface area contributed by atoms with Crippen LogP contribution in [0.5, 0.6) is 0 Å². The van der Waals surface area contributed by atoms with Crippen molar-refractivity contribution < 1.29 is 9.53 Å². The molecule has 1 aliphatic rings. The predicted molar refractivity (Wildman–Crippen MR) is 79.7 cm³/mol. The van der Waals surface area contributed by atoms with Crippen molar-refractivity contribution >= 4 is 17.5 Å². The maximum Gasteiger partial charge on any atom is 0.298 e. The lowest BCUT2D eigenvalue weighted by molar-refractivity contribution is -0.126. The van der Waals surface area contributed by atoms with E-state index in [4.69, 9.17) is 16.3 Å². The first kappa shape index (κ1) is 14.9. The zero-order valence-corrected chi connectivity index (χ0v) is 12.3. The van der Waals surface area contributed by atoms with Gasteiger partial charge in [0.1, 0.15) is 6.61 Å². The average molecular weight is 292 g/mol. The highest BCUT2D eigenvalue weighted by atomic mass is 35.5. The molecule has 0 radical (unpaired) electrons. The Labute approximate surface area is 124 Å². The SMILES string of the molecule is COCC#CC(=O)N1CCCC(c2ccc(Cl)cc2)C1. The maximum absolute atomic E-state index is 12.0. The number of methoxy groups -OCH3 is 1. The number of rotatable bonds is 2. The van der Waals surface area contributed by atoms with Crippen molar-refractivity contribution in [3.63, 3.8) is 0 Å². The van der Waals surface area contributed by atoms with Gasteiger partial charge in [-0.25, -0.2) is 0 Å². The normalized spacial score (nSPS) is 18.3. The van der Waals surface area contributed by atoms with Crippen LogP contribution in [-0.2, 0) is 9.53 Å². The molecule has 1 atom stereocenters. The number of carbonyl (C=O) groups is 1. The molecule has 1 fully saturated rings. The van der Waals surface area contributed by atoms with E-state index in [1.54, 1.807) is 7.11 Å². The summed E-state index contributed by atoms with van der Waals surface area (Å²) >= 11 is 5.91. The first-order valence-electron chi connectivity index (χ1n) is 6.73. The van der Waals surface area contributed by atoms with Crippen molar-refractivity contribution in [1.29, 1.82) is 0 Å². The van der Waals surface area contributed by atoms with Crippen LogP contribution in [0.1, 0.15) is 24.3 Å². The van der Waals surface area contributed by atoms with Crippen LogP contribution in [0.15, 0.2) is 24.3 Å². The molecule has 0 N–H and O–H groups in total. The molecule has 1 aromatic carbocycles. The van der Waals surface area contributed by atoms with Crippen molar-refractivity contribution in [2.45, 2.75) is 18.8 Å². The fourth-order valence-electron chi connectivity index (χ4n) is 2.43. The summed E-state index contributed by atoms with van der Waals surface area (Å²) in [5.41, 5.74) is 1.23. The molecule has 3 nitrogen and oxygen atoms in total. The summed E-state index contributed by atoms with van der Waals surface area (Å²) in [6.07, 6.45) is 2.10. The van der Waals surface area contributed by atoms with Crippen LogP contribution in [0, 0.1) is 11.8 Å². The van der Waals surface area contributed by atoms with E-state index in [9.17, 15) is 4.79 Å². The first-order chi connectivity index (χ1) is 9.70. The number of halogens is 1. The monoisotopic (exact) mass is 291 g/mol. The van der Waals surface area contributed by atoms with Crippen LogP contribution in [0.3, 0.4) is 0 Å². The Morgan fingerprint density at radius 2 is 2.20 bits per heavy atom. The zero-order chi connectivity index (χ0) is 14.4. The number of piperidine rings is 1. The Morgan fingerprint density at radius 1 is 1.45 bits per heavy atom. The largest absolute Gasteiger partial charge is 0.372 e. The van der Waals surface area contributed by atoms with Gasteiger partial charge in [0.2, 0.25) is 0 Å². The number of hydrogen-bond donors (Lipinski definition) is 0. The molecule has 0 bridgehead atoms. The summed E-state index contributed by atoms with van der Waals surface area (Å²) in [5.74, 6) is 5.60. The van der Waals surface area contributed by atoms with E-state index in [-0.39, 0.29) is 5.91 Å². The highest BCUT2D eigenvalue weighted by Gasteiger charge is 2.23. The van der Waals surface area contributed by atoms with Gasteiger partial charge in [-0.1, -0.05) is 29.7 Å². The quantitative estimate of drug-likeness (QED) is 0.784. The third-order valence-corrected chi connectivity index (χ3v) is 3.71. The van der Waals surface area contributed by atoms with E-state index in [2.05, 4.69) is 11.8 Å². The Bertz CT molecular complexity index is 516. The molecule has 0 aliphatic carbocycles. The lowest BCUT2D eigenvalue weighted by Gasteiger charge is -2.31. The van der Waals surface area contributed by atoms with Gasteiger partial charge in [0.25, 0.3) is 5.91 Å². The molecule has 1 unspecified atom stereocenters. The molecule has 106 valence electrons.